The largest absolute Gasteiger partial charge is 0.383 e. The van der Waals surface area contributed by atoms with Crippen LogP contribution >= 0.6 is 0 Å². The Morgan fingerprint density at radius 1 is 1.05 bits per heavy atom. The van der Waals surface area contributed by atoms with Crippen molar-refractivity contribution in [3.8, 4) is 11.3 Å². The van der Waals surface area contributed by atoms with E-state index in [1.807, 2.05) is 49.4 Å². The Labute approximate surface area is 215 Å². The van der Waals surface area contributed by atoms with Gasteiger partial charge in [0.15, 0.2) is 0 Å². The van der Waals surface area contributed by atoms with E-state index < -0.39 is 5.91 Å². The molecule has 194 valence electrons. The molecule has 2 aromatic carbocycles. The average Bonchev–Trinajstić information content (AvgIpc) is 3.25. The van der Waals surface area contributed by atoms with Crippen molar-refractivity contribution < 1.29 is 19.2 Å². The van der Waals surface area contributed by atoms with Crippen LogP contribution in [-0.4, -0.2) is 34.6 Å². The van der Waals surface area contributed by atoms with Crippen LogP contribution in [0.2, 0.25) is 0 Å². The van der Waals surface area contributed by atoms with Gasteiger partial charge in [-0.15, -0.1) is 0 Å². The van der Waals surface area contributed by atoms with Crippen LogP contribution in [0.25, 0.3) is 11.3 Å². The SMILES string of the molecule is CONC(=O)C1CCC(n2nc(-c3ccc(CNC(=O)c4ccccc4C)cc3)c(C(N)=O)c2N)CC1. The molecule has 3 aromatic rings. The molecule has 3 amide bonds. The number of nitrogens with two attached hydrogens (primary N) is 2. The number of hydrogen-bond donors (Lipinski definition) is 4. The minimum Gasteiger partial charge on any atom is -0.383 e. The van der Waals surface area contributed by atoms with Crippen molar-refractivity contribution >= 4 is 23.5 Å². The van der Waals surface area contributed by atoms with Crippen LogP contribution in [0.4, 0.5) is 5.82 Å². The minimum absolute atomic E-state index is 0.0469. The number of aryl methyl sites for hydroxylation is 1. The van der Waals surface area contributed by atoms with Crippen molar-refractivity contribution in [2.75, 3.05) is 12.8 Å². The van der Waals surface area contributed by atoms with E-state index in [2.05, 4.69) is 15.9 Å². The average molecular weight is 505 g/mol. The molecule has 6 N–H and O–H groups in total. The summed E-state index contributed by atoms with van der Waals surface area (Å²) in [6, 6.07) is 14.8. The van der Waals surface area contributed by atoms with Gasteiger partial charge in [0.25, 0.3) is 11.8 Å². The molecule has 10 nitrogen and oxygen atoms in total. The van der Waals surface area contributed by atoms with E-state index in [1.165, 1.54) is 7.11 Å². The molecule has 0 aliphatic heterocycles. The quantitative estimate of drug-likeness (QED) is 0.346. The first-order chi connectivity index (χ1) is 17.8. The summed E-state index contributed by atoms with van der Waals surface area (Å²) in [6.07, 6.45) is 2.68. The molecular formula is C27H32N6O4. The second kappa shape index (κ2) is 11.3. The van der Waals surface area contributed by atoms with Crippen LogP contribution in [0.3, 0.4) is 0 Å². The Kier molecular flexibility index (Phi) is 7.88. The van der Waals surface area contributed by atoms with Gasteiger partial charge in [-0.3, -0.25) is 19.2 Å². The second-order valence-corrected chi connectivity index (χ2v) is 9.29. The van der Waals surface area contributed by atoms with E-state index >= 15 is 0 Å². The van der Waals surface area contributed by atoms with Crippen molar-refractivity contribution in [3.63, 3.8) is 0 Å². The summed E-state index contributed by atoms with van der Waals surface area (Å²) in [5.74, 6) is -0.840. The number of hydrogen-bond acceptors (Lipinski definition) is 6. The number of hydroxylamine groups is 1. The number of nitrogens with zero attached hydrogens (tertiary/aromatic N) is 2. The Hall–Kier alpha value is -4.18. The highest BCUT2D eigenvalue weighted by Gasteiger charge is 2.31. The van der Waals surface area contributed by atoms with E-state index in [-0.39, 0.29) is 35.2 Å². The van der Waals surface area contributed by atoms with Gasteiger partial charge in [-0.1, -0.05) is 42.5 Å². The number of carbonyl (C=O) groups excluding carboxylic acids is 3. The monoisotopic (exact) mass is 504 g/mol. The Balaban J connectivity index is 1.48. The van der Waals surface area contributed by atoms with Gasteiger partial charge in [0.2, 0.25) is 5.91 Å². The van der Waals surface area contributed by atoms with E-state index in [4.69, 9.17) is 16.3 Å². The summed E-state index contributed by atoms with van der Waals surface area (Å²) in [5.41, 5.74) is 18.2. The molecule has 0 saturated heterocycles. The Morgan fingerprint density at radius 2 is 1.73 bits per heavy atom. The van der Waals surface area contributed by atoms with Gasteiger partial charge in [0.05, 0.1) is 13.2 Å². The van der Waals surface area contributed by atoms with Gasteiger partial charge in [-0.05, 0) is 49.8 Å². The maximum Gasteiger partial charge on any atom is 0.254 e. The third-order valence-corrected chi connectivity index (χ3v) is 6.88. The van der Waals surface area contributed by atoms with Gasteiger partial charge < -0.3 is 16.8 Å². The zero-order chi connectivity index (χ0) is 26.5. The highest BCUT2D eigenvalue weighted by molar-refractivity contribution is 6.03. The van der Waals surface area contributed by atoms with E-state index in [0.717, 1.165) is 11.1 Å². The summed E-state index contributed by atoms with van der Waals surface area (Å²) >= 11 is 0. The van der Waals surface area contributed by atoms with E-state index in [9.17, 15) is 14.4 Å². The molecular weight excluding hydrogens is 472 g/mol. The van der Waals surface area contributed by atoms with Crippen LogP contribution in [0.1, 0.15) is 63.6 Å². The molecule has 1 fully saturated rings. The first kappa shape index (κ1) is 25.9. The number of nitrogen functional groups attached to an aromatic ring is 1. The van der Waals surface area contributed by atoms with Crippen molar-refractivity contribution in [2.24, 2.45) is 11.7 Å². The molecule has 4 rings (SSSR count). The summed E-state index contributed by atoms with van der Waals surface area (Å²) in [6.45, 7) is 2.25. The fraction of sp³-hybridized carbons (Fsp3) is 0.333. The molecule has 1 aromatic heterocycles. The predicted octanol–water partition coefficient (Wildman–Crippen LogP) is 2.88. The van der Waals surface area contributed by atoms with Crippen LogP contribution in [0.5, 0.6) is 0 Å². The van der Waals surface area contributed by atoms with Crippen molar-refractivity contribution in [2.45, 2.75) is 45.2 Å². The van der Waals surface area contributed by atoms with Gasteiger partial charge in [0.1, 0.15) is 17.1 Å². The molecule has 1 aliphatic carbocycles. The molecule has 37 heavy (non-hydrogen) atoms. The number of anilines is 1. The molecule has 0 unspecified atom stereocenters. The van der Waals surface area contributed by atoms with Crippen molar-refractivity contribution in [1.29, 1.82) is 0 Å². The van der Waals surface area contributed by atoms with Crippen LogP contribution < -0.4 is 22.3 Å². The summed E-state index contributed by atoms with van der Waals surface area (Å²) in [5, 5.41) is 7.61. The number of carbonyl (C=O) groups is 3. The minimum atomic E-state index is -0.651. The predicted molar refractivity (Wildman–Crippen MR) is 139 cm³/mol. The maximum absolute atomic E-state index is 12.5. The number of amides is 3. The van der Waals surface area contributed by atoms with Gasteiger partial charge in [-0.25, -0.2) is 10.2 Å². The summed E-state index contributed by atoms with van der Waals surface area (Å²) < 4.78 is 1.66. The standard InChI is InChI=1S/C27H32N6O4/c1-16-5-3-4-6-21(16)27(36)30-15-17-7-9-18(10-8-17)23-22(25(29)34)24(28)33(31-23)20-13-11-19(12-14-20)26(35)32-37-2/h3-10,19-20H,11-15,28H2,1-2H3,(H2,29,34)(H,30,36)(H,32,35). The smallest absolute Gasteiger partial charge is 0.254 e. The third kappa shape index (κ3) is 5.64. The molecule has 1 aliphatic rings. The van der Waals surface area contributed by atoms with Crippen LogP contribution in [0, 0.1) is 12.8 Å². The van der Waals surface area contributed by atoms with Crippen molar-refractivity contribution in [1.82, 2.24) is 20.6 Å². The normalized spacial score (nSPS) is 17.2. The number of primary amides is 1. The highest BCUT2D eigenvalue weighted by atomic mass is 16.6. The van der Waals surface area contributed by atoms with Gasteiger partial charge in [0, 0.05) is 23.6 Å². The maximum atomic E-state index is 12.5. The highest BCUT2D eigenvalue weighted by Crippen LogP contribution is 2.36. The lowest BCUT2D eigenvalue weighted by atomic mass is 9.85. The zero-order valence-corrected chi connectivity index (χ0v) is 21.0. The molecule has 0 spiro atoms. The van der Waals surface area contributed by atoms with Gasteiger partial charge >= 0.3 is 0 Å². The molecule has 0 atom stereocenters. The van der Waals surface area contributed by atoms with Crippen molar-refractivity contribution in [3.05, 3.63) is 70.8 Å². The fourth-order valence-corrected chi connectivity index (χ4v) is 4.82. The summed E-state index contributed by atoms with van der Waals surface area (Å²) in [7, 11) is 1.41. The lowest BCUT2D eigenvalue weighted by Crippen LogP contribution is -2.33. The third-order valence-electron chi connectivity index (χ3n) is 6.88. The Morgan fingerprint density at radius 3 is 2.35 bits per heavy atom. The molecule has 1 heterocycles. The van der Waals surface area contributed by atoms with Crippen LogP contribution in [-0.2, 0) is 16.2 Å². The molecule has 10 heteroatoms. The topological polar surface area (TPSA) is 154 Å². The number of rotatable bonds is 8. The molecule has 0 bridgehead atoms. The summed E-state index contributed by atoms with van der Waals surface area (Å²) in [4.78, 5) is 41.6. The first-order valence-electron chi connectivity index (χ1n) is 12.2. The number of benzene rings is 2. The van der Waals surface area contributed by atoms with Gasteiger partial charge in [-0.2, -0.15) is 5.10 Å². The Bertz CT molecular complexity index is 1290. The van der Waals surface area contributed by atoms with Crippen LogP contribution in [0.15, 0.2) is 48.5 Å². The number of nitrogens with one attached hydrogen (secondary N) is 2. The second-order valence-electron chi connectivity index (χ2n) is 9.29. The molecule has 1 saturated carbocycles. The van der Waals surface area contributed by atoms with E-state index in [0.29, 0.717) is 49.0 Å². The zero-order valence-electron chi connectivity index (χ0n) is 21.0. The fourth-order valence-electron chi connectivity index (χ4n) is 4.82. The molecule has 0 radical (unpaired) electrons. The number of aromatic nitrogens is 2. The van der Waals surface area contributed by atoms with E-state index in [1.54, 1.807) is 10.7 Å². The first-order valence-corrected chi connectivity index (χ1v) is 12.2. The lowest BCUT2D eigenvalue weighted by molar-refractivity contribution is -0.136. The lowest BCUT2D eigenvalue weighted by Gasteiger charge is -2.28.